The highest BCUT2D eigenvalue weighted by molar-refractivity contribution is 7.91. The number of hydrogen-bond donors (Lipinski definition) is 2. The molecule has 0 saturated carbocycles. The van der Waals surface area contributed by atoms with Crippen LogP contribution in [0, 0.1) is 0 Å². The molecule has 0 saturated heterocycles. The predicted molar refractivity (Wildman–Crippen MR) is 115 cm³/mol. The Labute approximate surface area is 183 Å². The Balaban J connectivity index is 1.98. The highest BCUT2D eigenvalue weighted by atomic mass is 35.5. The summed E-state index contributed by atoms with van der Waals surface area (Å²) < 4.78 is 25.5. The summed E-state index contributed by atoms with van der Waals surface area (Å²) >= 11 is 12.5. The van der Waals surface area contributed by atoms with Gasteiger partial charge in [-0.2, -0.15) is 0 Å². The van der Waals surface area contributed by atoms with Crippen LogP contribution in [0.3, 0.4) is 0 Å². The molecule has 30 heavy (non-hydrogen) atoms. The molecule has 0 fully saturated rings. The summed E-state index contributed by atoms with van der Waals surface area (Å²) in [4.78, 5) is 16.9. The molecule has 1 aromatic heterocycles. The third-order valence-corrected chi connectivity index (χ3v) is 6.64. The largest absolute Gasteiger partial charge is 0.506 e. The van der Waals surface area contributed by atoms with E-state index >= 15 is 0 Å². The van der Waals surface area contributed by atoms with Crippen LogP contribution in [0.2, 0.25) is 10.0 Å². The molecule has 0 bridgehead atoms. The number of hydrogen-bond acceptors (Lipinski definition) is 6. The van der Waals surface area contributed by atoms with E-state index in [0.717, 1.165) is 0 Å². The van der Waals surface area contributed by atoms with Crippen molar-refractivity contribution in [1.82, 2.24) is 14.8 Å². The smallest absolute Gasteiger partial charge is 0.295 e. The molecule has 0 aliphatic carbocycles. The van der Waals surface area contributed by atoms with Gasteiger partial charge in [0.1, 0.15) is 17.3 Å². The highest BCUT2D eigenvalue weighted by Crippen LogP contribution is 2.30. The van der Waals surface area contributed by atoms with Crippen molar-refractivity contribution in [3.8, 4) is 11.4 Å². The molecular formula is C19H18Cl2N4O4S. The number of phenolic OH excluding ortho intramolecular Hbond substituents is 1. The summed E-state index contributed by atoms with van der Waals surface area (Å²) in [6.45, 7) is 3.33. The molecule has 0 radical (unpaired) electrons. The quantitative estimate of drug-likeness (QED) is 0.530. The standard InChI is InChI=1S/C19H18Cl2N4O4S/c1-3-16-23-18(24-25(16)17-12(20)6-5-7-13(17)21)19(27)22-14-10-11(8-9-15(14)26)30(28,29)4-2/h5-10,26H,3-4H2,1-2H3,(H,22,27). The van der Waals surface area contributed by atoms with Crippen molar-refractivity contribution in [2.75, 3.05) is 11.1 Å². The van der Waals surface area contributed by atoms with E-state index in [9.17, 15) is 18.3 Å². The van der Waals surface area contributed by atoms with Crippen molar-refractivity contribution in [2.24, 2.45) is 0 Å². The van der Waals surface area contributed by atoms with Crippen molar-refractivity contribution in [2.45, 2.75) is 25.2 Å². The number of para-hydroxylation sites is 1. The van der Waals surface area contributed by atoms with Gasteiger partial charge in [0.25, 0.3) is 5.91 Å². The first-order valence-electron chi connectivity index (χ1n) is 8.95. The molecule has 0 atom stereocenters. The van der Waals surface area contributed by atoms with Crippen molar-refractivity contribution in [1.29, 1.82) is 0 Å². The number of aromatic hydroxyl groups is 1. The minimum Gasteiger partial charge on any atom is -0.506 e. The number of nitrogens with one attached hydrogen (secondary N) is 1. The molecular weight excluding hydrogens is 451 g/mol. The van der Waals surface area contributed by atoms with Crippen LogP contribution < -0.4 is 5.32 Å². The molecule has 2 aromatic carbocycles. The molecule has 3 rings (SSSR count). The molecule has 1 amide bonds. The molecule has 1 heterocycles. The Morgan fingerprint density at radius 3 is 2.43 bits per heavy atom. The van der Waals surface area contributed by atoms with Gasteiger partial charge in [0.15, 0.2) is 9.84 Å². The van der Waals surface area contributed by atoms with Crippen molar-refractivity contribution < 1.29 is 18.3 Å². The summed E-state index contributed by atoms with van der Waals surface area (Å²) in [7, 11) is -3.52. The zero-order valence-corrected chi connectivity index (χ0v) is 18.4. The van der Waals surface area contributed by atoms with E-state index < -0.39 is 15.7 Å². The van der Waals surface area contributed by atoms with Crippen LogP contribution in [0.4, 0.5) is 5.69 Å². The second-order valence-corrected chi connectivity index (χ2v) is 9.32. The number of amides is 1. The molecule has 8 nitrogen and oxygen atoms in total. The molecule has 0 aliphatic heterocycles. The van der Waals surface area contributed by atoms with Crippen LogP contribution in [0.15, 0.2) is 41.3 Å². The van der Waals surface area contributed by atoms with Gasteiger partial charge in [-0.25, -0.2) is 18.1 Å². The van der Waals surface area contributed by atoms with Crippen LogP contribution in [0.5, 0.6) is 5.75 Å². The third kappa shape index (κ3) is 4.28. The van der Waals surface area contributed by atoms with E-state index in [2.05, 4.69) is 15.4 Å². The molecule has 2 N–H and O–H groups in total. The maximum Gasteiger partial charge on any atom is 0.295 e. The first-order valence-corrected chi connectivity index (χ1v) is 11.4. The van der Waals surface area contributed by atoms with Gasteiger partial charge in [-0.05, 0) is 30.3 Å². The van der Waals surface area contributed by atoms with Crippen LogP contribution in [-0.4, -0.2) is 39.9 Å². The molecule has 158 valence electrons. The number of aromatic nitrogens is 3. The summed E-state index contributed by atoms with van der Waals surface area (Å²) in [5.41, 5.74) is 0.322. The van der Waals surface area contributed by atoms with Crippen molar-refractivity contribution in [3.63, 3.8) is 0 Å². The van der Waals surface area contributed by atoms with Gasteiger partial charge in [0.05, 0.1) is 26.4 Å². The van der Waals surface area contributed by atoms with Gasteiger partial charge < -0.3 is 10.4 Å². The molecule has 0 unspecified atom stereocenters. The van der Waals surface area contributed by atoms with E-state index in [1.165, 1.54) is 29.8 Å². The normalized spacial score (nSPS) is 11.5. The van der Waals surface area contributed by atoms with Gasteiger partial charge in [-0.15, -0.1) is 5.10 Å². The maximum atomic E-state index is 12.7. The maximum absolute atomic E-state index is 12.7. The van der Waals surface area contributed by atoms with Gasteiger partial charge in [-0.1, -0.05) is 43.1 Å². The van der Waals surface area contributed by atoms with Crippen LogP contribution in [0.1, 0.15) is 30.3 Å². The molecule has 3 aromatic rings. The Kier molecular flexibility index (Phi) is 6.35. The van der Waals surface area contributed by atoms with Crippen LogP contribution in [0.25, 0.3) is 5.69 Å². The molecule has 0 aliphatic rings. The summed E-state index contributed by atoms with van der Waals surface area (Å²) in [5.74, 6) is -0.876. The number of benzene rings is 2. The first-order chi connectivity index (χ1) is 14.2. The Hall–Kier alpha value is -2.62. The lowest BCUT2D eigenvalue weighted by molar-refractivity contribution is 0.101. The first kappa shape index (κ1) is 22.1. The Morgan fingerprint density at radius 2 is 1.83 bits per heavy atom. The number of anilines is 1. The second-order valence-electron chi connectivity index (χ2n) is 6.22. The van der Waals surface area contributed by atoms with E-state index in [4.69, 9.17) is 23.2 Å². The average Bonchev–Trinajstić information content (AvgIpc) is 3.13. The van der Waals surface area contributed by atoms with Gasteiger partial charge in [0.2, 0.25) is 5.82 Å². The Bertz CT molecular complexity index is 1210. The molecule has 11 heteroatoms. The number of nitrogens with zero attached hydrogens (tertiary/aromatic N) is 3. The minimum atomic E-state index is -3.52. The highest BCUT2D eigenvalue weighted by Gasteiger charge is 2.21. The Morgan fingerprint density at radius 1 is 1.17 bits per heavy atom. The van der Waals surface area contributed by atoms with Gasteiger partial charge >= 0.3 is 0 Å². The van der Waals surface area contributed by atoms with Gasteiger partial charge in [0, 0.05) is 6.42 Å². The SMILES string of the molecule is CCc1nc(C(=O)Nc2cc(S(=O)(=O)CC)ccc2O)nn1-c1c(Cl)cccc1Cl. The number of halogens is 2. The topological polar surface area (TPSA) is 114 Å². The van der Waals surface area contributed by atoms with E-state index in [1.54, 1.807) is 18.2 Å². The lowest BCUT2D eigenvalue weighted by Gasteiger charge is -2.09. The predicted octanol–water partition coefficient (Wildman–Crippen LogP) is 3.89. The molecule has 0 spiro atoms. The van der Waals surface area contributed by atoms with Crippen LogP contribution in [-0.2, 0) is 16.3 Å². The number of rotatable bonds is 6. The summed E-state index contributed by atoms with van der Waals surface area (Å²) in [6, 6.07) is 8.62. The van der Waals surface area contributed by atoms with E-state index in [1.807, 2.05) is 6.92 Å². The monoisotopic (exact) mass is 468 g/mol. The lowest BCUT2D eigenvalue weighted by Crippen LogP contribution is -2.15. The number of sulfone groups is 1. The van der Waals surface area contributed by atoms with E-state index in [0.29, 0.717) is 28.0 Å². The average molecular weight is 469 g/mol. The lowest BCUT2D eigenvalue weighted by atomic mass is 10.3. The fourth-order valence-electron chi connectivity index (χ4n) is 2.69. The van der Waals surface area contributed by atoms with Crippen molar-refractivity contribution >= 4 is 44.6 Å². The number of carbonyl (C=O) groups is 1. The number of carbonyl (C=O) groups excluding carboxylic acids is 1. The second kappa shape index (κ2) is 8.63. The van der Waals surface area contributed by atoms with Gasteiger partial charge in [-0.3, -0.25) is 4.79 Å². The summed E-state index contributed by atoms with van der Waals surface area (Å²) in [5, 5.41) is 17.4. The number of phenols is 1. The zero-order valence-electron chi connectivity index (χ0n) is 16.1. The fraction of sp³-hybridized carbons (Fsp3) is 0.211. The van der Waals surface area contributed by atoms with Crippen molar-refractivity contribution in [3.05, 3.63) is 58.1 Å². The fourth-order valence-corrected chi connectivity index (χ4v) is 4.16. The third-order valence-electron chi connectivity index (χ3n) is 4.30. The van der Waals surface area contributed by atoms with E-state index in [-0.39, 0.29) is 27.9 Å². The van der Waals surface area contributed by atoms with Crippen LogP contribution >= 0.6 is 23.2 Å². The summed E-state index contributed by atoms with van der Waals surface area (Å²) in [6.07, 6.45) is 0.442. The number of aryl methyl sites for hydroxylation is 1. The zero-order chi connectivity index (χ0) is 22.1. The minimum absolute atomic E-state index is 0.0197.